The predicted molar refractivity (Wildman–Crippen MR) is 60.1 cm³/mol. The van der Waals surface area contributed by atoms with Crippen LogP contribution in [0.5, 0.6) is 0 Å². The molecule has 0 saturated heterocycles. The van der Waals surface area contributed by atoms with Crippen molar-refractivity contribution >= 4 is 11.3 Å². The number of aryl methyl sites for hydroxylation is 1. The molecule has 0 fully saturated rings. The van der Waals surface area contributed by atoms with E-state index in [0.717, 1.165) is 6.42 Å². The zero-order valence-electron chi connectivity index (χ0n) is 8.55. The maximum absolute atomic E-state index is 6.06. The van der Waals surface area contributed by atoms with Gasteiger partial charge in [0.2, 0.25) is 0 Å². The van der Waals surface area contributed by atoms with Gasteiger partial charge >= 0.3 is 0 Å². The van der Waals surface area contributed by atoms with E-state index >= 15 is 0 Å². The standard InChI is InChI=1S/C11H19NS/c1-3-4-5-6-10(12)11-8-7-9(2)13-11/h7-8,10H,3-6,12H2,1-2H3. The summed E-state index contributed by atoms with van der Waals surface area (Å²) < 4.78 is 0. The van der Waals surface area contributed by atoms with E-state index in [1.54, 1.807) is 0 Å². The summed E-state index contributed by atoms with van der Waals surface area (Å²) in [5.74, 6) is 0. The van der Waals surface area contributed by atoms with Crippen molar-refractivity contribution in [2.45, 2.75) is 45.6 Å². The summed E-state index contributed by atoms with van der Waals surface area (Å²) in [5, 5.41) is 0. The van der Waals surface area contributed by atoms with Crippen LogP contribution < -0.4 is 5.73 Å². The van der Waals surface area contributed by atoms with Gasteiger partial charge in [-0.15, -0.1) is 11.3 Å². The molecule has 0 saturated carbocycles. The van der Waals surface area contributed by atoms with Crippen LogP contribution in [-0.2, 0) is 0 Å². The van der Waals surface area contributed by atoms with Crippen LogP contribution in [0.4, 0.5) is 0 Å². The molecule has 1 nitrogen and oxygen atoms in total. The summed E-state index contributed by atoms with van der Waals surface area (Å²) in [6.07, 6.45) is 4.97. The van der Waals surface area contributed by atoms with Crippen LogP contribution in [0.2, 0.25) is 0 Å². The maximum Gasteiger partial charge on any atom is 0.0389 e. The first kappa shape index (κ1) is 10.7. The minimum Gasteiger partial charge on any atom is -0.323 e. The van der Waals surface area contributed by atoms with Gasteiger partial charge in [-0.05, 0) is 25.5 Å². The first-order valence-electron chi connectivity index (χ1n) is 5.06. The van der Waals surface area contributed by atoms with E-state index in [-0.39, 0.29) is 6.04 Å². The second-order valence-electron chi connectivity index (χ2n) is 3.55. The second kappa shape index (κ2) is 5.40. The number of nitrogens with two attached hydrogens (primary N) is 1. The Bertz CT molecular complexity index is 242. The van der Waals surface area contributed by atoms with Gasteiger partial charge in [0.15, 0.2) is 0 Å². The molecule has 2 heteroatoms. The summed E-state index contributed by atoms with van der Waals surface area (Å²) in [7, 11) is 0. The summed E-state index contributed by atoms with van der Waals surface area (Å²) in [6.45, 7) is 4.35. The van der Waals surface area contributed by atoms with Gasteiger partial charge in [-0.3, -0.25) is 0 Å². The van der Waals surface area contributed by atoms with Crippen LogP contribution in [0.3, 0.4) is 0 Å². The second-order valence-corrected chi connectivity index (χ2v) is 4.87. The summed E-state index contributed by atoms with van der Waals surface area (Å²) in [6, 6.07) is 4.58. The predicted octanol–water partition coefficient (Wildman–Crippen LogP) is 3.64. The Balaban J connectivity index is 2.35. The number of unbranched alkanes of at least 4 members (excludes halogenated alkanes) is 2. The van der Waals surface area contributed by atoms with Gasteiger partial charge in [0, 0.05) is 15.8 Å². The third-order valence-electron chi connectivity index (χ3n) is 2.25. The third kappa shape index (κ3) is 3.49. The van der Waals surface area contributed by atoms with Crippen LogP contribution >= 0.6 is 11.3 Å². The number of hydrogen-bond acceptors (Lipinski definition) is 2. The van der Waals surface area contributed by atoms with E-state index in [2.05, 4.69) is 26.0 Å². The average Bonchev–Trinajstić information content (AvgIpc) is 2.52. The van der Waals surface area contributed by atoms with Crippen molar-refractivity contribution in [3.05, 3.63) is 21.9 Å². The van der Waals surface area contributed by atoms with Crippen LogP contribution in [0.25, 0.3) is 0 Å². The smallest absolute Gasteiger partial charge is 0.0389 e. The van der Waals surface area contributed by atoms with Gasteiger partial charge in [-0.1, -0.05) is 26.2 Å². The molecule has 1 heterocycles. The Morgan fingerprint density at radius 2 is 2.15 bits per heavy atom. The van der Waals surface area contributed by atoms with Crippen LogP contribution in [0.1, 0.15) is 48.4 Å². The Morgan fingerprint density at radius 1 is 1.38 bits per heavy atom. The van der Waals surface area contributed by atoms with E-state index in [1.165, 1.54) is 29.0 Å². The fraction of sp³-hybridized carbons (Fsp3) is 0.636. The fourth-order valence-electron chi connectivity index (χ4n) is 1.41. The molecule has 1 unspecified atom stereocenters. The first-order valence-corrected chi connectivity index (χ1v) is 5.87. The maximum atomic E-state index is 6.06. The molecule has 1 aromatic heterocycles. The molecule has 0 aliphatic rings. The minimum absolute atomic E-state index is 0.269. The van der Waals surface area contributed by atoms with Crippen molar-refractivity contribution in [2.24, 2.45) is 5.73 Å². The molecule has 0 aliphatic carbocycles. The molecule has 13 heavy (non-hydrogen) atoms. The molecular weight excluding hydrogens is 178 g/mol. The topological polar surface area (TPSA) is 26.0 Å². The lowest BCUT2D eigenvalue weighted by atomic mass is 10.1. The summed E-state index contributed by atoms with van der Waals surface area (Å²) in [4.78, 5) is 2.70. The highest BCUT2D eigenvalue weighted by Gasteiger charge is 2.06. The fourth-order valence-corrected chi connectivity index (χ4v) is 2.32. The molecule has 0 bridgehead atoms. The van der Waals surface area contributed by atoms with Gasteiger partial charge < -0.3 is 5.73 Å². The van der Waals surface area contributed by atoms with E-state index in [4.69, 9.17) is 5.73 Å². The van der Waals surface area contributed by atoms with Gasteiger partial charge in [-0.2, -0.15) is 0 Å². The van der Waals surface area contributed by atoms with Crippen LogP contribution in [-0.4, -0.2) is 0 Å². The third-order valence-corrected chi connectivity index (χ3v) is 3.38. The summed E-state index contributed by atoms with van der Waals surface area (Å²) >= 11 is 1.83. The van der Waals surface area contributed by atoms with Crippen molar-refractivity contribution < 1.29 is 0 Å². The Morgan fingerprint density at radius 3 is 2.69 bits per heavy atom. The van der Waals surface area contributed by atoms with Crippen molar-refractivity contribution in [2.75, 3.05) is 0 Å². The van der Waals surface area contributed by atoms with E-state index in [9.17, 15) is 0 Å². The molecule has 0 spiro atoms. The lowest BCUT2D eigenvalue weighted by Crippen LogP contribution is -2.07. The largest absolute Gasteiger partial charge is 0.323 e. The lowest BCUT2D eigenvalue weighted by Gasteiger charge is -2.08. The molecule has 1 rings (SSSR count). The van der Waals surface area contributed by atoms with E-state index in [1.807, 2.05) is 11.3 Å². The first-order chi connectivity index (χ1) is 6.24. The number of thiophene rings is 1. The highest BCUT2D eigenvalue weighted by Crippen LogP contribution is 2.24. The zero-order chi connectivity index (χ0) is 9.68. The molecule has 0 aromatic carbocycles. The Kier molecular flexibility index (Phi) is 4.46. The van der Waals surface area contributed by atoms with Gasteiger partial charge in [0.25, 0.3) is 0 Å². The SMILES string of the molecule is CCCCCC(N)c1ccc(C)s1. The molecule has 2 N–H and O–H groups in total. The molecule has 1 atom stereocenters. The highest BCUT2D eigenvalue weighted by molar-refractivity contribution is 7.12. The van der Waals surface area contributed by atoms with E-state index < -0.39 is 0 Å². The quantitative estimate of drug-likeness (QED) is 0.717. The molecule has 1 aromatic rings. The zero-order valence-corrected chi connectivity index (χ0v) is 9.36. The normalized spacial score (nSPS) is 13.2. The number of hydrogen-bond donors (Lipinski definition) is 1. The van der Waals surface area contributed by atoms with Crippen molar-refractivity contribution in [3.8, 4) is 0 Å². The molecular formula is C11H19NS. The van der Waals surface area contributed by atoms with Crippen molar-refractivity contribution in [3.63, 3.8) is 0 Å². The minimum atomic E-state index is 0.269. The van der Waals surface area contributed by atoms with E-state index in [0.29, 0.717) is 0 Å². The molecule has 0 radical (unpaired) electrons. The summed E-state index contributed by atoms with van der Waals surface area (Å²) in [5.41, 5.74) is 6.06. The Hall–Kier alpha value is -0.340. The van der Waals surface area contributed by atoms with Crippen LogP contribution in [0.15, 0.2) is 12.1 Å². The molecule has 0 aliphatic heterocycles. The lowest BCUT2D eigenvalue weighted by molar-refractivity contribution is 0.587. The monoisotopic (exact) mass is 197 g/mol. The van der Waals surface area contributed by atoms with Crippen LogP contribution in [0, 0.1) is 6.92 Å². The van der Waals surface area contributed by atoms with Crippen molar-refractivity contribution in [1.82, 2.24) is 0 Å². The van der Waals surface area contributed by atoms with Gasteiger partial charge in [0.1, 0.15) is 0 Å². The highest BCUT2D eigenvalue weighted by atomic mass is 32.1. The Labute approximate surface area is 85.0 Å². The van der Waals surface area contributed by atoms with Crippen molar-refractivity contribution in [1.29, 1.82) is 0 Å². The number of rotatable bonds is 5. The van der Waals surface area contributed by atoms with Gasteiger partial charge in [0.05, 0.1) is 0 Å². The average molecular weight is 197 g/mol. The molecule has 0 amide bonds. The molecule has 74 valence electrons. The van der Waals surface area contributed by atoms with Gasteiger partial charge in [-0.25, -0.2) is 0 Å².